The Hall–Kier alpha value is -0.610. The molecule has 2 fully saturated rings. The van der Waals surface area contributed by atoms with Crippen molar-refractivity contribution in [3.8, 4) is 0 Å². The Morgan fingerprint density at radius 3 is 2.47 bits per heavy atom. The molecular formula is C13H25N3O. The van der Waals surface area contributed by atoms with Crippen molar-refractivity contribution in [2.24, 2.45) is 17.6 Å². The smallest absolute Gasteiger partial charge is 0.220 e. The normalized spacial score (nSPS) is 31.5. The van der Waals surface area contributed by atoms with E-state index in [2.05, 4.69) is 23.9 Å². The van der Waals surface area contributed by atoms with Gasteiger partial charge in [0.2, 0.25) is 5.91 Å². The molecule has 0 aromatic heterocycles. The fourth-order valence-electron chi connectivity index (χ4n) is 2.98. The van der Waals surface area contributed by atoms with E-state index in [1.807, 2.05) is 0 Å². The first-order valence-corrected chi connectivity index (χ1v) is 6.74. The summed E-state index contributed by atoms with van der Waals surface area (Å²) in [5.74, 6) is 0.859. The summed E-state index contributed by atoms with van der Waals surface area (Å²) < 4.78 is 0. The highest BCUT2D eigenvalue weighted by atomic mass is 16.1. The molecule has 17 heavy (non-hydrogen) atoms. The van der Waals surface area contributed by atoms with E-state index in [0.29, 0.717) is 6.04 Å². The van der Waals surface area contributed by atoms with Gasteiger partial charge in [-0.2, -0.15) is 0 Å². The average molecular weight is 239 g/mol. The van der Waals surface area contributed by atoms with Crippen LogP contribution in [0.4, 0.5) is 0 Å². The molecule has 0 bridgehead atoms. The van der Waals surface area contributed by atoms with Crippen molar-refractivity contribution in [1.82, 2.24) is 9.80 Å². The molecular weight excluding hydrogens is 214 g/mol. The molecule has 0 atom stereocenters. The third-order valence-electron chi connectivity index (χ3n) is 4.52. The van der Waals surface area contributed by atoms with Gasteiger partial charge in [0.05, 0.1) is 0 Å². The molecule has 0 radical (unpaired) electrons. The summed E-state index contributed by atoms with van der Waals surface area (Å²) >= 11 is 0. The molecule has 1 aliphatic carbocycles. The van der Waals surface area contributed by atoms with Gasteiger partial charge in [0.1, 0.15) is 0 Å². The number of carbonyl (C=O) groups is 1. The molecule has 2 rings (SSSR count). The highest BCUT2D eigenvalue weighted by Gasteiger charge is 2.36. The molecule has 0 spiro atoms. The van der Waals surface area contributed by atoms with Gasteiger partial charge < -0.3 is 15.5 Å². The maximum atomic E-state index is 11.0. The van der Waals surface area contributed by atoms with Gasteiger partial charge in [0.15, 0.2) is 0 Å². The van der Waals surface area contributed by atoms with Crippen LogP contribution in [0.25, 0.3) is 0 Å². The van der Waals surface area contributed by atoms with Crippen molar-refractivity contribution in [3.63, 3.8) is 0 Å². The van der Waals surface area contributed by atoms with Crippen molar-refractivity contribution < 1.29 is 4.79 Å². The predicted molar refractivity (Wildman–Crippen MR) is 68.6 cm³/mol. The number of carbonyl (C=O) groups excluding carboxylic acids is 1. The Balaban J connectivity index is 1.68. The number of likely N-dealkylation sites (tertiary alicyclic amines) is 1. The second-order valence-electron chi connectivity index (χ2n) is 5.91. The zero-order chi connectivity index (χ0) is 12.4. The van der Waals surface area contributed by atoms with Gasteiger partial charge >= 0.3 is 0 Å². The van der Waals surface area contributed by atoms with Crippen LogP contribution in [0.2, 0.25) is 0 Å². The van der Waals surface area contributed by atoms with Gasteiger partial charge in [0.25, 0.3) is 0 Å². The number of nitrogens with two attached hydrogens (primary N) is 1. The van der Waals surface area contributed by atoms with Gasteiger partial charge in [-0.05, 0) is 58.8 Å². The van der Waals surface area contributed by atoms with Crippen molar-refractivity contribution in [3.05, 3.63) is 0 Å². The number of amides is 1. The summed E-state index contributed by atoms with van der Waals surface area (Å²) in [4.78, 5) is 15.8. The quantitative estimate of drug-likeness (QED) is 0.778. The Morgan fingerprint density at radius 2 is 1.94 bits per heavy atom. The van der Waals surface area contributed by atoms with E-state index in [1.165, 1.54) is 32.5 Å². The zero-order valence-corrected chi connectivity index (χ0v) is 11.1. The van der Waals surface area contributed by atoms with E-state index >= 15 is 0 Å². The maximum absolute atomic E-state index is 11.0. The van der Waals surface area contributed by atoms with Gasteiger partial charge in [-0.15, -0.1) is 0 Å². The standard InChI is InChI=1S/C13H25N3O/c1-15-5-3-10(4-6-15)9-16(2)12-7-11(8-12)13(14)17/h10-12H,3-9H2,1-2H3,(H2,14,17). The largest absolute Gasteiger partial charge is 0.369 e. The molecule has 1 aliphatic heterocycles. The van der Waals surface area contributed by atoms with Crippen LogP contribution < -0.4 is 5.73 Å². The van der Waals surface area contributed by atoms with Crippen LogP contribution in [0.3, 0.4) is 0 Å². The van der Waals surface area contributed by atoms with Crippen molar-refractivity contribution in [1.29, 1.82) is 0 Å². The predicted octanol–water partition coefficient (Wildman–Crippen LogP) is 0.524. The van der Waals surface area contributed by atoms with Gasteiger partial charge in [-0.3, -0.25) is 4.79 Å². The Kier molecular flexibility index (Phi) is 4.05. The lowest BCUT2D eigenvalue weighted by Crippen LogP contribution is -2.49. The molecule has 0 aromatic carbocycles. The Bertz CT molecular complexity index is 268. The summed E-state index contributed by atoms with van der Waals surface area (Å²) in [6.07, 6.45) is 4.57. The molecule has 1 saturated carbocycles. The van der Waals surface area contributed by atoms with E-state index < -0.39 is 0 Å². The maximum Gasteiger partial charge on any atom is 0.220 e. The van der Waals surface area contributed by atoms with Crippen LogP contribution in [0, 0.1) is 11.8 Å². The second kappa shape index (κ2) is 5.36. The van der Waals surface area contributed by atoms with Crippen LogP contribution in [-0.4, -0.2) is 55.5 Å². The topological polar surface area (TPSA) is 49.6 Å². The van der Waals surface area contributed by atoms with Gasteiger partial charge in [-0.25, -0.2) is 0 Å². The first kappa shape index (κ1) is 12.8. The molecule has 2 N–H and O–H groups in total. The van der Waals surface area contributed by atoms with Crippen LogP contribution in [0.1, 0.15) is 25.7 Å². The number of nitrogens with zero attached hydrogens (tertiary/aromatic N) is 2. The number of rotatable bonds is 4. The van der Waals surface area contributed by atoms with E-state index in [-0.39, 0.29) is 11.8 Å². The second-order valence-corrected chi connectivity index (χ2v) is 5.91. The molecule has 4 heteroatoms. The summed E-state index contributed by atoms with van der Waals surface area (Å²) in [5, 5.41) is 0. The van der Waals surface area contributed by atoms with Crippen LogP contribution >= 0.6 is 0 Å². The van der Waals surface area contributed by atoms with E-state index in [0.717, 1.165) is 18.8 Å². The monoisotopic (exact) mass is 239 g/mol. The third kappa shape index (κ3) is 3.19. The molecule has 0 unspecified atom stereocenters. The van der Waals surface area contributed by atoms with Gasteiger partial charge in [-0.1, -0.05) is 0 Å². The Morgan fingerprint density at radius 1 is 1.35 bits per heavy atom. The van der Waals surface area contributed by atoms with Crippen LogP contribution in [-0.2, 0) is 4.79 Å². The van der Waals surface area contributed by atoms with Crippen LogP contribution in [0.15, 0.2) is 0 Å². The minimum absolute atomic E-state index is 0.117. The molecule has 4 nitrogen and oxygen atoms in total. The summed E-state index contributed by atoms with van der Waals surface area (Å²) in [7, 11) is 4.39. The van der Waals surface area contributed by atoms with Crippen molar-refractivity contribution in [2.75, 3.05) is 33.7 Å². The number of primary amides is 1. The van der Waals surface area contributed by atoms with E-state index in [9.17, 15) is 4.79 Å². The van der Waals surface area contributed by atoms with Crippen molar-refractivity contribution in [2.45, 2.75) is 31.7 Å². The first-order valence-electron chi connectivity index (χ1n) is 6.74. The highest BCUT2D eigenvalue weighted by molar-refractivity contribution is 5.77. The van der Waals surface area contributed by atoms with E-state index in [4.69, 9.17) is 5.73 Å². The minimum Gasteiger partial charge on any atom is -0.369 e. The fraction of sp³-hybridized carbons (Fsp3) is 0.923. The molecule has 2 aliphatic rings. The lowest BCUT2D eigenvalue weighted by Gasteiger charge is -2.42. The van der Waals surface area contributed by atoms with Gasteiger partial charge in [0, 0.05) is 18.5 Å². The van der Waals surface area contributed by atoms with Crippen molar-refractivity contribution >= 4 is 5.91 Å². The van der Waals surface area contributed by atoms with E-state index in [1.54, 1.807) is 0 Å². The summed E-state index contributed by atoms with van der Waals surface area (Å²) in [6.45, 7) is 3.64. The highest BCUT2D eigenvalue weighted by Crippen LogP contribution is 2.31. The SMILES string of the molecule is CN1CCC(CN(C)C2CC(C(N)=O)C2)CC1. The summed E-state index contributed by atoms with van der Waals surface area (Å²) in [5.41, 5.74) is 5.30. The summed E-state index contributed by atoms with van der Waals surface area (Å²) in [6, 6.07) is 0.590. The lowest BCUT2D eigenvalue weighted by atomic mass is 9.78. The number of hydrogen-bond donors (Lipinski definition) is 1. The molecule has 0 aromatic rings. The molecule has 1 heterocycles. The lowest BCUT2D eigenvalue weighted by molar-refractivity contribution is -0.126. The number of piperidine rings is 1. The average Bonchev–Trinajstić information content (AvgIpc) is 2.18. The minimum atomic E-state index is -0.117. The third-order valence-corrected chi connectivity index (χ3v) is 4.52. The zero-order valence-electron chi connectivity index (χ0n) is 11.1. The number of hydrogen-bond acceptors (Lipinski definition) is 3. The first-order chi connectivity index (χ1) is 8.06. The Labute approximate surface area is 104 Å². The molecule has 1 saturated heterocycles. The molecule has 1 amide bonds. The fourth-order valence-corrected chi connectivity index (χ4v) is 2.98. The molecule has 98 valence electrons. The van der Waals surface area contributed by atoms with Crippen LogP contribution in [0.5, 0.6) is 0 Å².